The maximum absolute atomic E-state index is 13.7. The van der Waals surface area contributed by atoms with Crippen LogP contribution in [0.5, 0.6) is 0 Å². The summed E-state index contributed by atoms with van der Waals surface area (Å²) in [5, 5.41) is 5.07. The van der Waals surface area contributed by atoms with Crippen molar-refractivity contribution in [2.24, 2.45) is 5.92 Å². The first-order chi connectivity index (χ1) is 11.8. The Hall–Kier alpha value is -2.70. The fraction of sp³-hybridized carbons (Fsp3) is 0.389. The highest BCUT2D eigenvalue weighted by Crippen LogP contribution is 2.23. The normalized spacial score (nSPS) is 17.4. The predicted octanol–water partition coefficient (Wildman–Crippen LogP) is 2.54. The summed E-state index contributed by atoms with van der Waals surface area (Å²) in [6, 6.07) is 3.97. The number of halogens is 1. The Labute approximate surface area is 146 Å². The monoisotopic (exact) mass is 347 g/mol. The number of rotatable bonds is 5. The van der Waals surface area contributed by atoms with Gasteiger partial charge in [0.25, 0.3) is 0 Å². The smallest absolute Gasteiger partial charge is 0.247 e. The van der Waals surface area contributed by atoms with Crippen molar-refractivity contribution in [3.05, 3.63) is 36.7 Å². The molecule has 0 aliphatic carbocycles. The van der Waals surface area contributed by atoms with E-state index in [4.69, 9.17) is 0 Å². The summed E-state index contributed by atoms with van der Waals surface area (Å²) < 4.78 is 13.7. The van der Waals surface area contributed by atoms with E-state index in [0.717, 1.165) is 6.08 Å². The summed E-state index contributed by atoms with van der Waals surface area (Å²) in [6.07, 6.45) is 1.85. The number of anilines is 2. The summed E-state index contributed by atoms with van der Waals surface area (Å²) in [5.41, 5.74) is 0.337. The van der Waals surface area contributed by atoms with E-state index in [-0.39, 0.29) is 29.5 Å². The molecule has 6 nitrogen and oxygen atoms in total. The number of carbonyl (C=O) groups excluding carboxylic acids is 3. The van der Waals surface area contributed by atoms with Crippen LogP contribution in [0.4, 0.5) is 15.8 Å². The Balaban J connectivity index is 2.07. The molecule has 1 aliphatic rings. The van der Waals surface area contributed by atoms with Gasteiger partial charge in [0.05, 0.1) is 11.6 Å². The predicted molar refractivity (Wildman–Crippen MR) is 93.4 cm³/mol. The number of nitrogens with zero attached hydrogens (tertiary/aromatic N) is 1. The molecule has 0 radical (unpaired) electrons. The van der Waals surface area contributed by atoms with Gasteiger partial charge in [0, 0.05) is 24.7 Å². The molecule has 134 valence electrons. The van der Waals surface area contributed by atoms with Gasteiger partial charge in [-0.3, -0.25) is 14.4 Å². The lowest BCUT2D eigenvalue weighted by atomic mass is 9.95. The molecule has 1 atom stereocenters. The van der Waals surface area contributed by atoms with Crippen LogP contribution in [0.1, 0.15) is 26.7 Å². The fourth-order valence-electron chi connectivity index (χ4n) is 2.71. The van der Waals surface area contributed by atoms with E-state index in [0.29, 0.717) is 25.1 Å². The number of hydrogen-bond donors (Lipinski definition) is 2. The number of amides is 3. The molecular weight excluding hydrogens is 325 g/mol. The van der Waals surface area contributed by atoms with E-state index < -0.39 is 11.7 Å². The van der Waals surface area contributed by atoms with Crippen molar-refractivity contribution in [3.63, 3.8) is 0 Å². The number of likely N-dealkylation sites (tertiary alicyclic amines) is 1. The molecule has 2 rings (SSSR count). The van der Waals surface area contributed by atoms with Gasteiger partial charge < -0.3 is 15.5 Å². The van der Waals surface area contributed by atoms with E-state index in [9.17, 15) is 18.8 Å². The SMILES string of the molecule is C=CC(=O)Nc1cc(NC(=O)C2CCC(=O)N(C(C)C)C2)ccc1F. The van der Waals surface area contributed by atoms with Crippen LogP contribution in [-0.2, 0) is 14.4 Å². The first kappa shape index (κ1) is 18.6. The summed E-state index contributed by atoms with van der Waals surface area (Å²) in [6.45, 7) is 7.49. The van der Waals surface area contributed by atoms with Gasteiger partial charge in [-0.05, 0) is 44.5 Å². The van der Waals surface area contributed by atoms with Gasteiger partial charge >= 0.3 is 0 Å². The van der Waals surface area contributed by atoms with E-state index in [1.165, 1.54) is 18.2 Å². The second kappa shape index (κ2) is 7.92. The highest BCUT2D eigenvalue weighted by Gasteiger charge is 2.31. The van der Waals surface area contributed by atoms with E-state index in [1.807, 2.05) is 13.8 Å². The van der Waals surface area contributed by atoms with Crippen LogP contribution in [0, 0.1) is 11.7 Å². The van der Waals surface area contributed by atoms with E-state index in [2.05, 4.69) is 17.2 Å². The zero-order valence-corrected chi connectivity index (χ0v) is 14.3. The number of piperidine rings is 1. The minimum Gasteiger partial charge on any atom is -0.339 e. The number of carbonyl (C=O) groups is 3. The molecule has 1 unspecified atom stereocenters. The average Bonchev–Trinajstić information content (AvgIpc) is 2.57. The molecule has 1 saturated heterocycles. The lowest BCUT2D eigenvalue weighted by molar-refractivity contribution is -0.138. The second-order valence-electron chi connectivity index (χ2n) is 6.25. The van der Waals surface area contributed by atoms with Crippen molar-refractivity contribution in [2.75, 3.05) is 17.2 Å². The van der Waals surface area contributed by atoms with Crippen LogP contribution in [0.25, 0.3) is 0 Å². The first-order valence-electron chi connectivity index (χ1n) is 8.15. The number of nitrogens with one attached hydrogen (secondary N) is 2. The van der Waals surface area contributed by atoms with Gasteiger partial charge in [-0.15, -0.1) is 0 Å². The molecule has 0 saturated carbocycles. The summed E-state index contributed by atoms with van der Waals surface area (Å²) in [7, 11) is 0. The van der Waals surface area contributed by atoms with Crippen LogP contribution in [0.2, 0.25) is 0 Å². The van der Waals surface area contributed by atoms with Gasteiger partial charge in [-0.2, -0.15) is 0 Å². The van der Waals surface area contributed by atoms with Crippen LogP contribution in [-0.4, -0.2) is 35.2 Å². The fourth-order valence-corrected chi connectivity index (χ4v) is 2.71. The van der Waals surface area contributed by atoms with Crippen LogP contribution >= 0.6 is 0 Å². The summed E-state index contributed by atoms with van der Waals surface area (Å²) in [4.78, 5) is 37.4. The van der Waals surface area contributed by atoms with Crippen molar-refractivity contribution in [1.29, 1.82) is 0 Å². The van der Waals surface area contributed by atoms with Gasteiger partial charge in [-0.25, -0.2) is 4.39 Å². The molecule has 1 aliphatic heterocycles. The molecule has 3 amide bonds. The Kier molecular flexibility index (Phi) is 5.90. The van der Waals surface area contributed by atoms with E-state index >= 15 is 0 Å². The van der Waals surface area contributed by atoms with E-state index in [1.54, 1.807) is 4.90 Å². The van der Waals surface area contributed by atoms with Crippen molar-refractivity contribution >= 4 is 29.1 Å². The van der Waals surface area contributed by atoms with Gasteiger partial charge in [0.15, 0.2) is 0 Å². The number of benzene rings is 1. The molecule has 1 aromatic rings. The molecule has 1 heterocycles. The lowest BCUT2D eigenvalue weighted by Crippen LogP contribution is -2.47. The third-order valence-corrected chi connectivity index (χ3v) is 4.12. The molecule has 1 aromatic carbocycles. The van der Waals surface area contributed by atoms with Crippen molar-refractivity contribution in [1.82, 2.24) is 4.90 Å². The standard InChI is InChI=1S/C18H22FN3O3/c1-4-16(23)21-15-9-13(6-7-14(15)19)20-18(25)12-5-8-17(24)22(10-12)11(2)3/h4,6-7,9,11-12H,1,5,8,10H2,2-3H3,(H,20,25)(H,21,23). The second-order valence-corrected chi connectivity index (χ2v) is 6.25. The zero-order chi connectivity index (χ0) is 18.6. The Morgan fingerprint density at radius 2 is 2.08 bits per heavy atom. The molecule has 0 aromatic heterocycles. The highest BCUT2D eigenvalue weighted by atomic mass is 19.1. The number of hydrogen-bond acceptors (Lipinski definition) is 3. The molecule has 25 heavy (non-hydrogen) atoms. The molecular formula is C18H22FN3O3. The largest absolute Gasteiger partial charge is 0.339 e. The maximum Gasteiger partial charge on any atom is 0.247 e. The van der Waals surface area contributed by atoms with Gasteiger partial charge in [0.1, 0.15) is 5.82 Å². The van der Waals surface area contributed by atoms with Gasteiger partial charge in [0.2, 0.25) is 17.7 Å². The molecule has 7 heteroatoms. The summed E-state index contributed by atoms with van der Waals surface area (Å²) in [5.74, 6) is -1.65. The Morgan fingerprint density at radius 1 is 1.36 bits per heavy atom. The van der Waals surface area contributed by atoms with Crippen LogP contribution in [0.15, 0.2) is 30.9 Å². The third-order valence-electron chi connectivity index (χ3n) is 4.12. The van der Waals surface area contributed by atoms with Crippen molar-refractivity contribution in [3.8, 4) is 0 Å². The quantitative estimate of drug-likeness (QED) is 0.804. The topological polar surface area (TPSA) is 78.5 Å². The molecule has 0 spiro atoms. The lowest BCUT2D eigenvalue weighted by Gasteiger charge is -2.34. The molecule has 2 N–H and O–H groups in total. The highest BCUT2D eigenvalue weighted by molar-refractivity contribution is 6.00. The Bertz CT molecular complexity index is 703. The molecule has 0 bridgehead atoms. The van der Waals surface area contributed by atoms with Crippen LogP contribution in [0.3, 0.4) is 0 Å². The third kappa shape index (κ3) is 4.65. The maximum atomic E-state index is 13.7. The minimum absolute atomic E-state index is 0.0367. The minimum atomic E-state index is -0.609. The van der Waals surface area contributed by atoms with Crippen molar-refractivity contribution in [2.45, 2.75) is 32.7 Å². The molecule has 1 fully saturated rings. The summed E-state index contributed by atoms with van der Waals surface area (Å²) >= 11 is 0. The van der Waals surface area contributed by atoms with Crippen LogP contribution < -0.4 is 10.6 Å². The zero-order valence-electron chi connectivity index (χ0n) is 14.3. The average molecular weight is 347 g/mol. The van der Waals surface area contributed by atoms with Crippen molar-refractivity contribution < 1.29 is 18.8 Å². The Morgan fingerprint density at radius 3 is 2.72 bits per heavy atom. The van der Waals surface area contributed by atoms with Gasteiger partial charge in [-0.1, -0.05) is 6.58 Å². The first-order valence-corrected chi connectivity index (χ1v) is 8.15.